The Labute approximate surface area is 119 Å². The molecule has 0 aliphatic rings. The van der Waals surface area contributed by atoms with Gasteiger partial charge in [0.1, 0.15) is 5.82 Å². The molecule has 4 nitrogen and oxygen atoms in total. The summed E-state index contributed by atoms with van der Waals surface area (Å²) in [5.41, 5.74) is 0.317. The lowest BCUT2D eigenvalue weighted by Gasteiger charge is -2.27. The van der Waals surface area contributed by atoms with Gasteiger partial charge in [-0.3, -0.25) is 0 Å². The summed E-state index contributed by atoms with van der Waals surface area (Å²) in [5.74, 6) is -0.249. The minimum atomic E-state index is -0.951. The molecule has 0 saturated carbocycles. The minimum Gasteiger partial charge on any atom is -0.388 e. The zero-order chi connectivity index (χ0) is 15.3. The first-order valence-electron chi connectivity index (χ1n) is 6.71. The summed E-state index contributed by atoms with van der Waals surface area (Å²) in [6.07, 6.45) is 0. The van der Waals surface area contributed by atoms with Crippen molar-refractivity contribution in [2.45, 2.75) is 39.8 Å². The van der Waals surface area contributed by atoms with Crippen molar-refractivity contribution < 1.29 is 14.3 Å². The highest BCUT2D eigenvalue weighted by Gasteiger charge is 2.25. The average Bonchev–Trinajstić information content (AvgIpc) is 2.37. The number of nitrogens with one attached hydrogen (secondary N) is 2. The Morgan fingerprint density at radius 2 is 2.05 bits per heavy atom. The molecule has 0 saturated heterocycles. The molecular weight excluding hydrogens is 259 g/mol. The Kier molecular flexibility index (Phi) is 5.51. The van der Waals surface area contributed by atoms with E-state index in [0.717, 1.165) is 0 Å². The van der Waals surface area contributed by atoms with Gasteiger partial charge in [-0.15, -0.1) is 0 Å². The molecule has 0 spiro atoms. The van der Waals surface area contributed by atoms with Crippen LogP contribution in [0, 0.1) is 18.7 Å². The second-order valence-electron chi connectivity index (χ2n) is 5.63. The van der Waals surface area contributed by atoms with E-state index in [0.29, 0.717) is 11.1 Å². The van der Waals surface area contributed by atoms with Crippen LogP contribution in [0.4, 0.5) is 9.18 Å². The van der Waals surface area contributed by atoms with Gasteiger partial charge in [0, 0.05) is 13.1 Å². The van der Waals surface area contributed by atoms with Crippen molar-refractivity contribution in [3.05, 3.63) is 35.1 Å². The van der Waals surface area contributed by atoms with E-state index in [1.54, 1.807) is 26.0 Å². The van der Waals surface area contributed by atoms with Crippen LogP contribution in [0.5, 0.6) is 0 Å². The highest BCUT2D eigenvalue weighted by molar-refractivity contribution is 5.73. The number of halogens is 1. The molecule has 2 amide bonds. The summed E-state index contributed by atoms with van der Waals surface area (Å²) >= 11 is 0. The van der Waals surface area contributed by atoms with Crippen molar-refractivity contribution in [2.75, 3.05) is 6.54 Å². The lowest BCUT2D eigenvalue weighted by molar-refractivity contribution is 0.0166. The van der Waals surface area contributed by atoms with E-state index >= 15 is 0 Å². The fourth-order valence-electron chi connectivity index (χ4n) is 1.45. The smallest absolute Gasteiger partial charge is 0.315 e. The van der Waals surface area contributed by atoms with E-state index in [1.807, 2.05) is 13.8 Å². The summed E-state index contributed by atoms with van der Waals surface area (Å²) < 4.78 is 13.3. The first kappa shape index (κ1) is 16.4. The zero-order valence-electron chi connectivity index (χ0n) is 12.5. The molecule has 0 heterocycles. The van der Waals surface area contributed by atoms with Gasteiger partial charge in [-0.25, -0.2) is 9.18 Å². The standard InChI is InChI=1S/C15H23FN2O2/c1-10(2)15(4,20)9-18-14(19)17-8-12-6-5-11(3)13(16)7-12/h5-7,10,20H,8-9H2,1-4H3,(H2,17,18,19). The molecule has 3 N–H and O–H groups in total. The van der Waals surface area contributed by atoms with E-state index in [2.05, 4.69) is 10.6 Å². The van der Waals surface area contributed by atoms with Crippen LogP contribution in [0.1, 0.15) is 31.9 Å². The highest BCUT2D eigenvalue weighted by Crippen LogP contribution is 2.14. The van der Waals surface area contributed by atoms with Crippen molar-refractivity contribution in [2.24, 2.45) is 5.92 Å². The molecule has 112 valence electrons. The predicted molar refractivity (Wildman–Crippen MR) is 76.8 cm³/mol. The van der Waals surface area contributed by atoms with E-state index in [1.165, 1.54) is 6.07 Å². The maximum absolute atomic E-state index is 13.3. The molecule has 1 rings (SSSR count). The van der Waals surface area contributed by atoms with Crippen LogP contribution in [-0.2, 0) is 6.54 Å². The van der Waals surface area contributed by atoms with Crippen LogP contribution in [0.15, 0.2) is 18.2 Å². The Morgan fingerprint density at radius 3 is 2.60 bits per heavy atom. The van der Waals surface area contributed by atoms with E-state index in [9.17, 15) is 14.3 Å². The van der Waals surface area contributed by atoms with Crippen molar-refractivity contribution in [3.63, 3.8) is 0 Å². The number of carbonyl (C=O) groups is 1. The third-order valence-electron chi connectivity index (χ3n) is 3.54. The third-order valence-corrected chi connectivity index (χ3v) is 3.54. The van der Waals surface area contributed by atoms with Crippen molar-refractivity contribution >= 4 is 6.03 Å². The minimum absolute atomic E-state index is 0.0361. The van der Waals surface area contributed by atoms with E-state index < -0.39 is 5.60 Å². The first-order chi connectivity index (χ1) is 9.22. The third kappa shape index (κ3) is 4.81. The van der Waals surface area contributed by atoms with Crippen LogP contribution in [-0.4, -0.2) is 23.3 Å². The number of amides is 2. The highest BCUT2D eigenvalue weighted by atomic mass is 19.1. The Bertz CT molecular complexity index is 473. The van der Waals surface area contributed by atoms with Crippen LogP contribution in [0.25, 0.3) is 0 Å². The number of benzene rings is 1. The maximum Gasteiger partial charge on any atom is 0.315 e. The number of aliphatic hydroxyl groups is 1. The molecular formula is C15H23FN2O2. The molecule has 5 heteroatoms. The van der Waals surface area contributed by atoms with E-state index in [4.69, 9.17) is 0 Å². The van der Waals surface area contributed by atoms with Gasteiger partial charge in [0.2, 0.25) is 0 Å². The fourth-order valence-corrected chi connectivity index (χ4v) is 1.45. The van der Waals surface area contributed by atoms with Gasteiger partial charge in [0.05, 0.1) is 5.60 Å². The molecule has 1 aromatic rings. The number of hydrogen-bond donors (Lipinski definition) is 3. The van der Waals surface area contributed by atoms with Gasteiger partial charge in [-0.2, -0.15) is 0 Å². The summed E-state index contributed by atoms with van der Waals surface area (Å²) in [4.78, 5) is 11.6. The van der Waals surface area contributed by atoms with Crippen LogP contribution >= 0.6 is 0 Å². The Morgan fingerprint density at radius 1 is 1.40 bits per heavy atom. The number of hydrogen-bond acceptors (Lipinski definition) is 2. The summed E-state index contributed by atoms with van der Waals surface area (Å²) in [6.45, 7) is 7.54. The largest absolute Gasteiger partial charge is 0.388 e. The lowest BCUT2D eigenvalue weighted by Crippen LogP contribution is -2.47. The predicted octanol–water partition coefficient (Wildman–Crippen LogP) is 2.34. The van der Waals surface area contributed by atoms with Gasteiger partial charge >= 0.3 is 6.03 Å². The molecule has 0 aliphatic heterocycles. The number of aryl methyl sites for hydroxylation is 1. The van der Waals surface area contributed by atoms with Crippen molar-refractivity contribution in [3.8, 4) is 0 Å². The topological polar surface area (TPSA) is 61.4 Å². The Hall–Kier alpha value is -1.62. The average molecular weight is 282 g/mol. The zero-order valence-corrected chi connectivity index (χ0v) is 12.5. The molecule has 0 bridgehead atoms. The van der Waals surface area contributed by atoms with Gasteiger partial charge < -0.3 is 15.7 Å². The van der Waals surface area contributed by atoms with Gasteiger partial charge in [0.15, 0.2) is 0 Å². The monoisotopic (exact) mass is 282 g/mol. The van der Waals surface area contributed by atoms with Crippen molar-refractivity contribution in [1.29, 1.82) is 0 Å². The second kappa shape index (κ2) is 6.70. The van der Waals surface area contributed by atoms with Gasteiger partial charge in [-0.1, -0.05) is 26.0 Å². The molecule has 0 aliphatic carbocycles. The fraction of sp³-hybridized carbons (Fsp3) is 0.533. The number of urea groups is 1. The SMILES string of the molecule is Cc1ccc(CNC(=O)NCC(C)(O)C(C)C)cc1F. The number of carbonyl (C=O) groups excluding carboxylic acids is 1. The summed E-state index contributed by atoms with van der Waals surface area (Å²) in [7, 11) is 0. The molecule has 1 atom stereocenters. The molecule has 20 heavy (non-hydrogen) atoms. The summed E-state index contributed by atoms with van der Waals surface area (Å²) in [5, 5.41) is 15.2. The van der Waals surface area contributed by atoms with Crippen LogP contribution in [0.2, 0.25) is 0 Å². The maximum atomic E-state index is 13.3. The lowest BCUT2D eigenvalue weighted by atomic mass is 9.93. The van der Waals surface area contributed by atoms with Gasteiger partial charge in [-0.05, 0) is 37.0 Å². The molecule has 1 aromatic carbocycles. The normalized spacial score (nSPS) is 13.9. The van der Waals surface area contributed by atoms with Crippen LogP contribution in [0.3, 0.4) is 0 Å². The quantitative estimate of drug-likeness (QED) is 0.776. The van der Waals surface area contributed by atoms with Crippen molar-refractivity contribution in [1.82, 2.24) is 10.6 Å². The number of rotatable bonds is 5. The molecule has 0 fully saturated rings. The van der Waals surface area contributed by atoms with Gasteiger partial charge in [0.25, 0.3) is 0 Å². The molecule has 0 radical (unpaired) electrons. The van der Waals surface area contributed by atoms with Crippen LogP contribution < -0.4 is 10.6 Å². The second-order valence-corrected chi connectivity index (χ2v) is 5.63. The first-order valence-corrected chi connectivity index (χ1v) is 6.71. The molecule has 1 unspecified atom stereocenters. The Balaban J connectivity index is 2.42. The molecule has 0 aromatic heterocycles. The summed E-state index contributed by atoms with van der Waals surface area (Å²) in [6, 6.07) is 4.46. The van der Waals surface area contributed by atoms with E-state index in [-0.39, 0.29) is 30.9 Å².